The highest BCUT2D eigenvalue weighted by Gasteiger charge is 2.16. The van der Waals surface area contributed by atoms with Crippen molar-refractivity contribution in [3.63, 3.8) is 0 Å². The zero-order valence-corrected chi connectivity index (χ0v) is 15.9. The maximum atomic E-state index is 13.3. The Kier molecular flexibility index (Phi) is 6.55. The smallest absolute Gasteiger partial charge is 0.238 e. The number of nitriles is 1. The van der Waals surface area contributed by atoms with Gasteiger partial charge < -0.3 is 5.32 Å². The second kappa shape index (κ2) is 9.28. The first-order valence-corrected chi connectivity index (χ1v) is 9.08. The number of rotatable bonds is 6. The van der Waals surface area contributed by atoms with Gasteiger partial charge in [0.1, 0.15) is 17.7 Å². The summed E-state index contributed by atoms with van der Waals surface area (Å²) < 4.78 is 26.6. The van der Waals surface area contributed by atoms with Gasteiger partial charge in [-0.2, -0.15) is 5.26 Å². The average Bonchev–Trinajstić information content (AvgIpc) is 2.71. The second-order valence-corrected chi connectivity index (χ2v) is 6.68. The van der Waals surface area contributed by atoms with Crippen LogP contribution in [0.25, 0.3) is 0 Å². The maximum Gasteiger partial charge on any atom is 0.238 e. The lowest BCUT2D eigenvalue weighted by atomic mass is 9.98. The van der Waals surface area contributed by atoms with Crippen LogP contribution in [0.2, 0.25) is 5.02 Å². The summed E-state index contributed by atoms with van der Waals surface area (Å²) in [5, 5.41) is 15.0. The number of halogens is 3. The Morgan fingerprint density at radius 2 is 1.52 bits per heavy atom. The molecule has 0 radical (unpaired) electrons. The maximum absolute atomic E-state index is 13.3. The number of hydrogen-bond acceptors (Lipinski definition) is 3. The summed E-state index contributed by atoms with van der Waals surface area (Å²) >= 11 is 5.98. The Balaban J connectivity index is 1.73. The average molecular weight is 412 g/mol. The number of nitrogens with zero attached hydrogens (tertiary/aromatic N) is 1. The Morgan fingerprint density at radius 3 is 2.00 bits per heavy atom. The number of nitrogens with one attached hydrogen (secondary N) is 2. The molecule has 0 unspecified atom stereocenters. The number of carbonyl (C=O) groups is 1. The van der Waals surface area contributed by atoms with Crippen LogP contribution in [0.4, 0.5) is 14.5 Å². The van der Waals surface area contributed by atoms with Crippen LogP contribution < -0.4 is 10.6 Å². The fraction of sp³-hybridized carbons (Fsp3) is 0.0909. The van der Waals surface area contributed by atoms with Crippen molar-refractivity contribution in [1.29, 1.82) is 5.26 Å². The molecule has 4 nitrogen and oxygen atoms in total. The Hall–Kier alpha value is -3.27. The largest absolute Gasteiger partial charge is 0.325 e. The van der Waals surface area contributed by atoms with Crippen molar-refractivity contribution in [1.82, 2.24) is 5.32 Å². The van der Waals surface area contributed by atoms with Crippen LogP contribution in [0.3, 0.4) is 0 Å². The van der Waals surface area contributed by atoms with E-state index in [-0.39, 0.29) is 29.1 Å². The zero-order valence-electron chi connectivity index (χ0n) is 15.1. The van der Waals surface area contributed by atoms with Crippen molar-refractivity contribution in [2.24, 2.45) is 0 Å². The van der Waals surface area contributed by atoms with Crippen molar-refractivity contribution >= 4 is 23.2 Å². The molecule has 3 rings (SSSR count). The molecule has 7 heteroatoms. The van der Waals surface area contributed by atoms with Crippen molar-refractivity contribution in [2.45, 2.75) is 6.04 Å². The van der Waals surface area contributed by atoms with E-state index in [1.54, 1.807) is 30.3 Å². The summed E-state index contributed by atoms with van der Waals surface area (Å²) in [6.07, 6.45) is 0. The fourth-order valence-electron chi connectivity index (χ4n) is 2.82. The minimum Gasteiger partial charge on any atom is -0.325 e. The van der Waals surface area contributed by atoms with Crippen molar-refractivity contribution in [2.75, 3.05) is 11.9 Å². The van der Waals surface area contributed by atoms with E-state index in [2.05, 4.69) is 10.6 Å². The fourth-order valence-corrected chi connectivity index (χ4v) is 3.04. The SMILES string of the molecule is N#Cc1ccc(NC(=O)CNC(c2ccc(F)cc2)c2ccc(F)cc2)cc1Cl. The summed E-state index contributed by atoms with van der Waals surface area (Å²) in [7, 11) is 0. The van der Waals surface area contributed by atoms with Gasteiger partial charge in [0.05, 0.1) is 23.2 Å². The summed E-state index contributed by atoms with van der Waals surface area (Å²) in [4.78, 5) is 12.4. The second-order valence-electron chi connectivity index (χ2n) is 6.27. The molecule has 2 N–H and O–H groups in total. The molecule has 0 atom stereocenters. The lowest BCUT2D eigenvalue weighted by Crippen LogP contribution is -2.32. The molecular formula is C22H16ClF2N3O. The first-order chi connectivity index (χ1) is 14.0. The first kappa shape index (κ1) is 20.5. The number of benzene rings is 3. The summed E-state index contributed by atoms with van der Waals surface area (Å²) in [6.45, 7) is -0.0585. The third kappa shape index (κ3) is 5.38. The lowest BCUT2D eigenvalue weighted by molar-refractivity contribution is -0.115. The van der Waals surface area contributed by atoms with Gasteiger partial charge in [-0.15, -0.1) is 0 Å². The highest BCUT2D eigenvalue weighted by atomic mass is 35.5. The quantitative estimate of drug-likeness (QED) is 0.612. The standard InChI is InChI=1S/C22H16ClF2N3O/c23-20-11-19(10-5-16(20)12-26)28-21(29)13-27-22(14-1-6-17(24)7-2-14)15-3-8-18(25)9-4-15/h1-11,22,27H,13H2,(H,28,29). The topological polar surface area (TPSA) is 64.9 Å². The molecule has 0 aliphatic rings. The summed E-state index contributed by atoms with van der Waals surface area (Å²) in [6, 6.07) is 17.8. The molecule has 0 bridgehead atoms. The van der Waals surface area contributed by atoms with Crippen LogP contribution in [0, 0.1) is 23.0 Å². The van der Waals surface area contributed by atoms with Crippen molar-refractivity contribution < 1.29 is 13.6 Å². The molecule has 0 fully saturated rings. The number of amides is 1. The highest BCUT2D eigenvalue weighted by Crippen LogP contribution is 2.23. The first-order valence-electron chi connectivity index (χ1n) is 8.70. The van der Waals surface area contributed by atoms with E-state index < -0.39 is 6.04 Å². The van der Waals surface area contributed by atoms with E-state index in [0.29, 0.717) is 11.3 Å². The molecule has 0 aliphatic heterocycles. The Bertz CT molecular complexity index is 1000. The Labute approximate surface area is 171 Å². The van der Waals surface area contributed by atoms with Crippen LogP contribution in [-0.4, -0.2) is 12.5 Å². The van der Waals surface area contributed by atoms with Gasteiger partial charge in [0, 0.05) is 5.69 Å². The van der Waals surface area contributed by atoms with Gasteiger partial charge >= 0.3 is 0 Å². The summed E-state index contributed by atoms with van der Waals surface area (Å²) in [5.41, 5.74) is 2.23. The monoisotopic (exact) mass is 411 g/mol. The van der Waals surface area contributed by atoms with E-state index in [1.165, 1.54) is 36.4 Å². The molecule has 0 heterocycles. The Morgan fingerprint density at radius 1 is 0.966 bits per heavy atom. The third-order valence-electron chi connectivity index (χ3n) is 4.25. The number of carbonyl (C=O) groups excluding carboxylic acids is 1. The molecule has 0 aliphatic carbocycles. The van der Waals surface area contributed by atoms with E-state index in [4.69, 9.17) is 16.9 Å². The van der Waals surface area contributed by atoms with Crippen molar-refractivity contribution in [3.05, 3.63) is 100 Å². The van der Waals surface area contributed by atoms with Gasteiger partial charge in [-0.05, 0) is 53.6 Å². The molecule has 0 saturated carbocycles. The zero-order chi connectivity index (χ0) is 20.8. The molecule has 29 heavy (non-hydrogen) atoms. The number of hydrogen-bond donors (Lipinski definition) is 2. The lowest BCUT2D eigenvalue weighted by Gasteiger charge is -2.20. The van der Waals surface area contributed by atoms with Crippen LogP contribution in [0.5, 0.6) is 0 Å². The molecular weight excluding hydrogens is 396 g/mol. The van der Waals surface area contributed by atoms with Crippen LogP contribution in [-0.2, 0) is 4.79 Å². The van der Waals surface area contributed by atoms with E-state index in [1.807, 2.05) is 6.07 Å². The summed E-state index contributed by atoms with van der Waals surface area (Å²) in [5.74, 6) is -1.08. The molecule has 3 aromatic rings. The van der Waals surface area contributed by atoms with E-state index in [9.17, 15) is 13.6 Å². The van der Waals surface area contributed by atoms with Gasteiger partial charge in [0.15, 0.2) is 0 Å². The van der Waals surface area contributed by atoms with Crippen molar-refractivity contribution in [3.8, 4) is 6.07 Å². The van der Waals surface area contributed by atoms with Crippen LogP contribution in [0.15, 0.2) is 66.7 Å². The molecule has 0 spiro atoms. The minimum atomic E-state index is -0.438. The van der Waals surface area contributed by atoms with Crippen LogP contribution >= 0.6 is 11.6 Å². The van der Waals surface area contributed by atoms with E-state index in [0.717, 1.165) is 11.1 Å². The molecule has 1 amide bonds. The minimum absolute atomic E-state index is 0.0585. The normalized spacial score (nSPS) is 10.6. The van der Waals surface area contributed by atoms with Crippen LogP contribution in [0.1, 0.15) is 22.7 Å². The third-order valence-corrected chi connectivity index (χ3v) is 4.56. The van der Waals surface area contributed by atoms with Gasteiger partial charge in [-0.3, -0.25) is 10.1 Å². The highest BCUT2D eigenvalue weighted by molar-refractivity contribution is 6.32. The van der Waals surface area contributed by atoms with E-state index >= 15 is 0 Å². The van der Waals surface area contributed by atoms with Gasteiger partial charge in [0.2, 0.25) is 5.91 Å². The number of anilines is 1. The molecule has 0 saturated heterocycles. The molecule has 146 valence electrons. The predicted molar refractivity (Wildman–Crippen MR) is 107 cm³/mol. The molecule has 3 aromatic carbocycles. The van der Waals surface area contributed by atoms with Gasteiger partial charge in [-0.1, -0.05) is 35.9 Å². The molecule has 0 aromatic heterocycles. The van der Waals surface area contributed by atoms with Gasteiger partial charge in [-0.25, -0.2) is 8.78 Å². The predicted octanol–water partition coefficient (Wildman–Crippen LogP) is 4.81. The van der Waals surface area contributed by atoms with Gasteiger partial charge in [0.25, 0.3) is 0 Å².